The van der Waals surface area contributed by atoms with Crippen molar-refractivity contribution in [2.24, 2.45) is 0 Å². The molecule has 1 aromatic carbocycles. The van der Waals surface area contributed by atoms with Gasteiger partial charge in [-0.25, -0.2) is 0 Å². The number of aryl methyl sites for hydroxylation is 2. The molecule has 1 aromatic rings. The normalized spacial score (nSPS) is 20.3. The molecule has 2 unspecified atom stereocenters. The smallest absolute Gasteiger partial charge is 0.125 e. The monoisotopic (exact) mass is 291 g/mol. The summed E-state index contributed by atoms with van der Waals surface area (Å²) >= 11 is 0. The van der Waals surface area contributed by atoms with Crippen molar-refractivity contribution < 1.29 is 9.84 Å². The Bertz CT molecular complexity index is 494. The van der Waals surface area contributed by atoms with Crippen LogP contribution in [0.1, 0.15) is 55.9 Å². The lowest BCUT2D eigenvalue weighted by molar-refractivity contribution is -0.0154. The van der Waals surface area contributed by atoms with Crippen LogP contribution in [-0.2, 0) is 0 Å². The summed E-state index contributed by atoms with van der Waals surface area (Å²) in [5, 5.41) is 11.2. The van der Waals surface area contributed by atoms with Crippen LogP contribution in [0.5, 0.6) is 5.75 Å². The molecule has 118 valence electrons. The van der Waals surface area contributed by atoms with Crippen LogP contribution in [0, 0.1) is 13.8 Å². The number of methoxy groups -OCH3 is 1. The highest BCUT2D eigenvalue weighted by Crippen LogP contribution is 2.41. The van der Waals surface area contributed by atoms with Crippen LogP contribution < -0.4 is 4.74 Å². The maximum atomic E-state index is 11.2. The molecular formula is C18H29NO2. The predicted molar refractivity (Wildman–Crippen MR) is 86.9 cm³/mol. The van der Waals surface area contributed by atoms with Crippen molar-refractivity contribution in [2.45, 2.75) is 58.6 Å². The molecule has 0 aromatic heterocycles. The Morgan fingerprint density at radius 3 is 2.43 bits per heavy atom. The van der Waals surface area contributed by atoms with E-state index in [1.54, 1.807) is 7.11 Å². The largest absolute Gasteiger partial charge is 0.496 e. The average molecular weight is 291 g/mol. The first kappa shape index (κ1) is 16.3. The molecule has 0 bridgehead atoms. The first-order chi connectivity index (χ1) is 9.93. The maximum absolute atomic E-state index is 11.2. The maximum Gasteiger partial charge on any atom is 0.125 e. The van der Waals surface area contributed by atoms with Crippen molar-refractivity contribution in [1.82, 2.24) is 4.90 Å². The number of rotatable bonds is 5. The second kappa shape index (κ2) is 6.37. The van der Waals surface area contributed by atoms with Gasteiger partial charge in [0.05, 0.1) is 7.11 Å². The first-order valence-corrected chi connectivity index (χ1v) is 8.02. The highest BCUT2D eigenvalue weighted by Gasteiger charge is 2.41. The molecule has 1 N–H and O–H groups in total. The second-order valence-electron chi connectivity index (χ2n) is 6.51. The third-order valence-electron chi connectivity index (χ3n) is 5.12. The minimum atomic E-state index is -0.531. The van der Waals surface area contributed by atoms with Crippen LogP contribution in [0.2, 0.25) is 0 Å². The number of aliphatic hydroxyl groups excluding tert-OH is 1. The molecule has 21 heavy (non-hydrogen) atoms. The van der Waals surface area contributed by atoms with Crippen LogP contribution in [-0.4, -0.2) is 35.7 Å². The molecule has 1 fully saturated rings. The van der Waals surface area contributed by atoms with Crippen LogP contribution >= 0.6 is 0 Å². The van der Waals surface area contributed by atoms with Crippen molar-refractivity contribution in [2.75, 3.05) is 20.2 Å². The standard InChI is InChI=1S/C18H29NO2/c1-6-18(4,19-9-7-8-10-19)17(20)16-14(3)11-13(2)12-15(16)21-5/h11-12,17,20H,6-10H2,1-5H3. The van der Waals surface area contributed by atoms with Gasteiger partial charge in [0.1, 0.15) is 11.9 Å². The second-order valence-corrected chi connectivity index (χ2v) is 6.51. The zero-order valence-electron chi connectivity index (χ0n) is 14.1. The Balaban J connectivity index is 2.44. The van der Waals surface area contributed by atoms with E-state index in [-0.39, 0.29) is 5.54 Å². The van der Waals surface area contributed by atoms with E-state index in [1.807, 2.05) is 6.07 Å². The topological polar surface area (TPSA) is 32.7 Å². The first-order valence-electron chi connectivity index (χ1n) is 8.02. The third kappa shape index (κ3) is 2.95. The number of nitrogens with zero attached hydrogens (tertiary/aromatic N) is 1. The van der Waals surface area contributed by atoms with Crippen molar-refractivity contribution in [3.05, 3.63) is 28.8 Å². The minimum absolute atomic E-state index is 0.232. The number of benzene rings is 1. The summed E-state index contributed by atoms with van der Waals surface area (Å²) in [6.07, 6.45) is 2.85. The number of likely N-dealkylation sites (tertiary alicyclic amines) is 1. The molecule has 0 spiro atoms. The van der Waals surface area contributed by atoms with Gasteiger partial charge in [-0.05, 0) is 70.3 Å². The highest BCUT2D eigenvalue weighted by atomic mass is 16.5. The molecule has 2 rings (SSSR count). The summed E-state index contributed by atoms with van der Waals surface area (Å²) in [5.41, 5.74) is 2.99. The zero-order chi connectivity index (χ0) is 15.6. The molecule has 0 amide bonds. The van der Waals surface area contributed by atoms with Gasteiger partial charge in [-0.15, -0.1) is 0 Å². The molecule has 1 heterocycles. The molecule has 0 radical (unpaired) electrons. The van der Waals surface area contributed by atoms with E-state index in [9.17, 15) is 5.11 Å². The quantitative estimate of drug-likeness (QED) is 0.899. The molecule has 2 atom stereocenters. The van der Waals surface area contributed by atoms with Crippen LogP contribution in [0.15, 0.2) is 12.1 Å². The van der Waals surface area contributed by atoms with E-state index in [0.717, 1.165) is 36.4 Å². The van der Waals surface area contributed by atoms with Crippen molar-refractivity contribution in [3.8, 4) is 5.75 Å². The zero-order valence-corrected chi connectivity index (χ0v) is 14.1. The van der Waals surface area contributed by atoms with Crippen LogP contribution in [0.25, 0.3) is 0 Å². The van der Waals surface area contributed by atoms with Gasteiger partial charge in [-0.3, -0.25) is 4.90 Å². The molecule has 3 nitrogen and oxygen atoms in total. The number of aliphatic hydroxyl groups is 1. The molecule has 0 aliphatic carbocycles. The van der Waals surface area contributed by atoms with Crippen LogP contribution in [0.3, 0.4) is 0 Å². The van der Waals surface area contributed by atoms with Gasteiger partial charge >= 0.3 is 0 Å². The number of hydrogen-bond donors (Lipinski definition) is 1. The summed E-state index contributed by atoms with van der Waals surface area (Å²) in [6, 6.07) is 4.15. The van der Waals surface area contributed by atoms with Crippen molar-refractivity contribution in [1.29, 1.82) is 0 Å². The summed E-state index contributed by atoms with van der Waals surface area (Å²) in [6.45, 7) is 10.6. The van der Waals surface area contributed by atoms with E-state index >= 15 is 0 Å². The third-order valence-corrected chi connectivity index (χ3v) is 5.12. The Hall–Kier alpha value is -1.06. The molecule has 0 saturated carbocycles. The highest BCUT2D eigenvalue weighted by molar-refractivity contribution is 5.45. The number of ether oxygens (including phenoxy) is 1. The summed E-state index contributed by atoms with van der Waals surface area (Å²) < 4.78 is 5.55. The Morgan fingerprint density at radius 1 is 1.29 bits per heavy atom. The average Bonchev–Trinajstić information content (AvgIpc) is 2.99. The van der Waals surface area contributed by atoms with Crippen molar-refractivity contribution in [3.63, 3.8) is 0 Å². The molecule has 3 heteroatoms. The number of hydrogen-bond acceptors (Lipinski definition) is 3. The van der Waals surface area contributed by atoms with E-state index in [4.69, 9.17) is 4.74 Å². The lowest BCUT2D eigenvalue weighted by Crippen LogP contribution is -2.49. The fourth-order valence-electron chi connectivity index (χ4n) is 3.59. The van der Waals surface area contributed by atoms with Gasteiger partial charge in [0.15, 0.2) is 0 Å². The van der Waals surface area contributed by atoms with E-state index < -0.39 is 6.10 Å². The van der Waals surface area contributed by atoms with Gasteiger partial charge < -0.3 is 9.84 Å². The fourth-order valence-corrected chi connectivity index (χ4v) is 3.59. The van der Waals surface area contributed by atoms with Gasteiger partial charge in [-0.2, -0.15) is 0 Å². The molecule has 1 aliphatic heterocycles. The minimum Gasteiger partial charge on any atom is -0.496 e. The lowest BCUT2D eigenvalue weighted by atomic mass is 9.83. The van der Waals surface area contributed by atoms with Gasteiger partial charge in [0, 0.05) is 11.1 Å². The van der Waals surface area contributed by atoms with Gasteiger partial charge in [0.25, 0.3) is 0 Å². The Kier molecular flexibility index (Phi) is 4.95. The molecule has 1 aliphatic rings. The lowest BCUT2D eigenvalue weighted by Gasteiger charge is -2.43. The van der Waals surface area contributed by atoms with E-state index in [0.29, 0.717) is 0 Å². The summed E-state index contributed by atoms with van der Waals surface area (Å²) in [5.74, 6) is 0.805. The predicted octanol–water partition coefficient (Wildman–Crippen LogP) is 3.61. The summed E-state index contributed by atoms with van der Waals surface area (Å²) in [7, 11) is 1.68. The van der Waals surface area contributed by atoms with E-state index in [2.05, 4.69) is 38.7 Å². The SMILES string of the molecule is CCC(C)(C(O)c1c(C)cc(C)cc1OC)N1CCCC1. The van der Waals surface area contributed by atoms with E-state index in [1.165, 1.54) is 18.4 Å². The van der Waals surface area contributed by atoms with Gasteiger partial charge in [0.2, 0.25) is 0 Å². The fraction of sp³-hybridized carbons (Fsp3) is 0.667. The molecule has 1 saturated heterocycles. The van der Waals surface area contributed by atoms with Gasteiger partial charge in [-0.1, -0.05) is 13.0 Å². The Labute approximate surface area is 128 Å². The summed E-state index contributed by atoms with van der Waals surface area (Å²) in [4.78, 5) is 2.44. The van der Waals surface area contributed by atoms with Crippen LogP contribution in [0.4, 0.5) is 0 Å². The Morgan fingerprint density at radius 2 is 1.90 bits per heavy atom. The molecular weight excluding hydrogens is 262 g/mol. The van der Waals surface area contributed by atoms with Crippen molar-refractivity contribution >= 4 is 0 Å².